The van der Waals surface area contributed by atoms with E-state index in [-0.39, 0.29) is 5.91 Å². The molecule has 0 aromatic carbocycles. The standard InChI is InChI=1S/C19H22N6O2S/c26-16(4-5-17-23-24-18(27-17)15-6-10-28-13-15)22-11-14-3-1-9-25(12-14)19-20-7-2-8-21-19/h2,6-8,10,13-14H,1,3-5,9,11-12H2,(H,22,26)/t14-/m1/s1. The maximum Gasteiger partial charge on any atom is 0.248 e. The summed E-state index contributed by atoms with van der Waals surface area (Å²) in [4.78, 5) is 23.0. The highest BCUT2D eigenvalue weighted by molar-refractivity contribution is 7.08. The van der Waals surface area contributed by atoms with Crippen molar-refractivity contribution in [2.24, 2.45) is 5.92 Å². The van der Waals surface area contributed by atoms with Crippen LogP contribution in [0.3, 0.4) is 0 Å². The minimum atomic E-state index is 0.00312. The van der Waals surface area contributed by atoms with E-state index in [9.17, 15) is 4.79 Å². The van der Waals surface area contributed by atoms with E-state index < -0.39 is 0 Å². The number of piperidine rings is 1. The largest absolute Gasteiger partial charge is 0.421 e. The van der Waals surface area contributed by atoms with E-state index in [1.54, 1.807) is 23.7 Å². The van der Waals surface area contributed by atoms with Crippen molar-refractivity contribution in [3.8, 4) is 11.5 Å². The molecule has 0 spiro atoms. The van der Waals surface area contributed by atoms with Crippen molar-refractivity contribution < 1.29 is 9.21 Å². The molecule has 28 heavy (non-hydrogen) atoms. The van der Waals surface area contributed by atoms with Crippen molar-refractivity contribution in [3.05, 3.63) is 41.2 Å². The fourth-order valence-corrected chi connectivity index (χ4v) is 3.92. The second-order valence-electron chi connectivity index (χ2n) is 6.82. The topological polar surface area (TPSA) is 97.0 Å². The summed E-state index contributed by atoms with van der Waals surface area (Å²) < 4.78 is 5.62. The molecule has 146 valence electrons. The second kappa shape index (κ2) is 8.92. The van der Waals surface area contributed by atoms with Crippen molar-refractivity contribution in [3.63, 3.8) is 0 Å². The number of hydrogen-bond donors (Lipinski definition) is 1. The van der Waals surface area contributed by atoms with Gasteiger partial charge in [0.15, 0.2) is 0 Å². The third-order valence-electron chi connectivity index (χ3n) is 4.74. The first-order chi connectivity index (χ1) is 13.8. The number of carbonyl (C=O) groups excluding carboxylic acids is 1. The Kier molecular flexibility index (Phi) is 5.91. The summed E-state index contributed by atoms with van der Waals surface area (Å²) in [5.41, 5.74) is 0.914. The van der Waals surface area contributed by atoms with Gasteiger partial charge in [-0.1, -0.05) is 0 Å². The zero-order chi connectivity index (χ0) is 19.2. The molecule has 0 bridgehead atoms. The maximum atomic E-state index is 12.2. The molecule has 8 nitrogen and oxygen atoms in total. The summed E-state index contributed by atoms with van der Waals surface area (Å²) in [6, 6.07) is 3.75. The van der Waals surface area contributed by atoms with E-state index >= 15 is 0 Å². The monoisotopic (exact) mass is 398 g/mol. The number of carbonyl (C=O) groups is 1. The minimum Gasteiger partial charge on any atom is -0.421 e. The number of anilines is 1. The number of aromatic nitrogens is 4. The normalized spacial score (nSPS) is 16.9. The lowest BCUT2D eigenvalue weighted by atomic mass is 9.98. The summed E-state index contributed by atoms with van der Waals surface area (Å²) in [6.07, 6.45) is 6.47. The fourth-order valence-electron chi connectivity index (χ4n) is 3.29. The minimum absolute atomic E-state index is 0.00312. The summed E-state index contributed by atoms with van der Waals surface area (Å²) in [7, 11) is 0. The van der Waals surface area contributed by atoms with Crippen molar-refractivity contribution in [1.29, 1.82) is 0 Å². The van der Waals surface area contributed by atoms with Gasteiger partial charge < -0.3 is 14.6 Å². The number of thiophene rings is 1. The van der Waals surface area contributed by atoms with Crippen molar-refractivity contribution >= 4 is 23.2 Å². The molecule has 4 rings (SSSR count). The second-order valence-corrected chi connectivity index (χ2v) is 7.60. The van der Waals surface area contributed by atoms with E-state index in [1.165, 1.54) is 0 Å². The Balaban J connectivity index is 1.21. The Labute approximate surface area is 167 Å². The molecule has 1 aliphatic heterocycles. The van der Waals surface area contributed by atoms with Crippen LogP contribution in [0.1, 0.15) is 25.2 Å². The van der Waals surface area contributed by atoms with Crippen LogP contribution in [0.15, 0.2) is 39.7 Å². The smallest absolute Gasteiger partial charge is 0.248 e. The molecule has 1 saturated heterocycles. The van der Waals surface area contributed by atoms with Crippen LogP contribution in [-0.2, 0) is 11.2 Å². The average molecular weight is 398 g/mol. The zero-order valence-electron chi connectivity index (χ0n) is 15.5. The molecule has 3 aromatic rings. The number of rotatable bonds is 7. The van der Waals surface area contributed by atoms with Gasteiger partial charge in [-0.15, -0.1) is 10.2 Å². The van der Waals surface area contributed by atoms with Gasteiger partial charge in [-0.05, 0) is 36.3 Å². The lowest BCUT2D eigenvalue weighted by molar-refractivity contribution is -0.121. The summed E-state index contributed by atoms with van der Waals surface area (Å²) >= 11 is 1.58. The summed E-state index contributed by atoms with van der Waals surface area (Å²) in [5, 5.41) is 15.0. The molecule has 0 aliphatic carbocycles. The number of amides is 1. The molecule has 1 aliphatic rings. The Morgan fingerprint density at radius 2 is 2.21 bits per heavy atom. The van der Waals surface area contributed by atoms with Gasteiger partial charge >= 0.3 is 0 Å². The first kappa shape index (κ1) is 18.5. The van der Waals surface area contributed by atoms with Crippen LogP contribution in [0.2, 0.25) is 0 Å². The molecule has 4 heterocycles. The Bertz CT molecular complexity index is 883. The Hall–Kier alpha value is -2.81. The van der Waals surface area contributed by atoms with Gasteiger partial charge in [0.1, 0.15) is 0 Å². The molecule has 0 saturated carbocycles. The molecule has 1 atom stereocenters. The average Bonchev–Trinajstić information content (AvgIpc) is 3.43. The van der Waals surface area contributed by atoms with Crippen LogP contribution in [0.5, 0.6) is 0 Å². The van der Waals surface area contributed by atoms with Crippen molar-refractivity contribution in [2.45, 2.75) is 25.7 Å². The van der Waals surface area contributed by atoms with Crippen LogP contribution in [0.25, 0.3) is 11.5 Å². The van der Waals surface area contributed by atoms with Crippen LogP contribution in [-0.4, -0.2) is 45.7 Å². The Morgan fingerprint density at radius 3 is 3.04 bits per heavy atom. The first-order valence-corrected chi connectivity index (χ1v) is 10.4. The molecule has 0 unspecified atom stereocenters. The van der Waals surface area contributed by atoms with Gasteiger partial charge in [-0.3, -0.25) is 4.79 Å². The number of nitrogens with one attached hydrogen (secondary N) is 1. The Morgan fingerprint density at radius 1 is 1.32 bits per heavy atom. The third-order valence-corrected chi connectivity index (χ3v) is 5.43. The fraction of sp³-hybridized carbons (Fsp3) is 0.421. The van der Waals surface area contributed by atoms with E-state index in [2.05, 4.69) is 30.4 Å². The number of hydrogen-bond acceptors (Lipinski definition) is 8. The quantitative estimate of drug-likeness (QED) is 0.653. The molecular weight excluding hydrogens is 376 g/mol. The lowest BCUT2D eigenvalue weighted by Crippen LogP contribution is -2.41. The highest BCUT2D eigenvalue weighted by Gasteiger charge is 2.22. The molecule has 0 radical (unpaired) electrons. The predicted octanol–water partition coefficient (Wildman–Crippen LogP) is 2.55. The van der Waals surface area contributed by atoms with Gasteiger partial charge in [0.25, 0.3) is 0 Å². The molecule has 1 fully saturated rings. The van der Waals surface area contributed by atoms with Crippen LogP contribution >= 0.6 is 11.3 Å². The van der Waals surface area contributed by atoms with Gasteiger partial charge in [0, 0.05) is 55.8 Å². The maximum absolute atomic E-state index is 12.2. The van der Waals surface area contributed by atoms with E-state index in [0.29, 0.717) is 37.1 Å². The SMILES string of the molecule is O=C(CCc1nnc(-c2ccsc2)o1)NC[C@H]1CCCN(c2ncccn2)C1. The van der Waals surface area contributed by atoms with E-state index in [0.717, 1.165) is 37.4 Å². The summed E-state index contributed by atoms with van der Waals surface area (Å²) in [5.74, 6) is 2.15. The number of nitrogens with zero attached hydrogens (tertiary/aromatic N) is 5. The van der Waals surface area contributed by atoms with Gasteiger partial charge in [0.2, 0.25) is 23.6 Å². The predicted molar refractivity (Wildman–Crippen MR) is 106 cm³/mol. The molecule has 9 heteroatoms. The highest BCUT2D eigenvalue weighted by atomic mass is 32.1. The van der Waals surface area contributed by atoms with Crippen LogP contribution in [0.4, 0.5) is 5.95 Å². The van der Waals surface area contributed by atoms with Crippen molar-refractivity contribution in [2.75, 3.05) is 24.5 Å². The molecule has 3 aromatic heterocycles. The molecule has 1 amide bonds. The molecular formula is C19H22N6O2S. The number of aryl methyl sites for hydroxylation is 1. The van der Waals surface area contributed by atoms with Gasteiger partial charge in [0.05, 0.1) is 0 Å². The third kappa shape index (κ3) is 4.72. The van der Waals surface area contributed by atoms with Crippen molar-refractivity contribution in [1.82, 2.24) is 25.5 Å². The van der Waals surface area contributed by atoms with Crippen LogP contribution < -0.4 is 10.2 Å². The highest BCUT2D eigenvalue weighted by Crippen LogP contribution is 2.21. The molecule has 1 N–H and O–H groups in total. The van der Waals surface area contributed by atoms with Gasteiger partial charge in [-0.2, -0.15) is 11.3 Å². The van der Waals surface area contributed by atoms with E-state index in [1.807, 2.05) is 22.9 Å². The first-order valence-electron chi connectivity index (χ1n) is 9.41. The zero-order valence-corrected chi connectivity index (χ0v) is 16.3. The lowest BCUT2D eigenvalue weighted by Gasteiger charge is -2.32. The van der Waals surface area contributed by atoms with Gasteiger partial charge in [-0.25, -0.2) is 9.97 Å². The summed E-state index contributed by atoms with van der Waals surface area (Å²) in [6.45, 7) is 2.47. The van der Waals surface area contributed by atoms with Crippen LogP contribution in [0, 0.1) is 5.92 Å². The van der Waals surface area contributed by atoms with E-state index in [4.69, 9.17) is 4.42 Å².